The first kappa shape index (κ1) is 13.5. The zero-order valence-electron chi connectivity index (χ0n) is 10.9. The van der Waals surface area contributed by atoms with E-state index < -0.39 is 0 Å². The highest BCUT2D eigenvalue weighted by Gasteiger charge is 2.23. The van der Waals surface area contributed by atoms with Crippen LogP contribution in [-0.4, -0.2) is 36.2 Å². The summed E-state index contributed by atoms with van der Waals surface area (Å²) in [6.07, 6.45) is 2.19. The zero-order chi connectivity index (χ0) is 12.2. The summed E-state index contributed by atoms with van der Waals surface area (Å²) in [6, 6.07) is 0. The van der Waals surface area contributed by atoms with Crippen LogP contribution in [0.5, 0.6) is 0 Å². The molecule has 1 heterocycles. The number of piperidine rings is 1. The summed E-state index contributed by atoms with van der Waals surface area (Å²) < 4.78 is 0. The van der Waals surface area contributed by atoms with Crippen LogP contribution >= 0.6 is 0 Å². The normalized spacial score (nSPS) is 19.8. The van der Waals surface area contributed by atoms with E-state index in [2.05, 4.69) is 26.1 Å². The molecule has 0 saturated carbocycles. The standard InChI is InChI=1S/C12H24N2O2/c1-10(15)13-9-11-5-7-14(8-6-11)16-12(2,3)4/h11H,5-9H2,1-4H3,(H,13,15). The van der Waals surface area contributed by atoms with Gasteiger partial charge in [-0.3, -0.25) is 9.63 Å². The number of carbonyl (C=O) groups is 1. The largest absolute Gasteiger partial charge is 0.356 e. The van der Waals surface area contributed by atoms with E-state index >= 15 is 0 Å². The Bertz CT molecular complexity index is 228. The molecular formula is C12H24N2O2. The van der Waals surface area contributed by atoms with Gasteiger partial charge >= 0.3 is 0 Å². The Morgan fingerprint density at radius 2 is 1.94 bits per heavy atom. The molecule has 1 fully saturated rings. The van der Waals surface area contributed by atoms with Crippen molar-refractivity contribution < 1.29 is 9.63 Å². The van der Waals surface area contributed by atoms with Crippen molar-refractivity contribution >= 4 is 5.91 Å². The van der Waals surface area contributed by atoms with Crippen molar-refractivity contribution in [1.82, 2.24) is 10.4 Å². The van der Waals surface area contributed by atoms with Crippen LogP contribution in [0.4, 0.5) is 0 Å². The number of hydroxylamine groups is 2. The van der Waals surface area contributed by atoms with Crippen molar-refractivity contribution in [2.75, 3.05) is 19.6 Å². The molecule has 0 spiro atoms. The fourth-order valence-corrected chi connectivity index (χ4v) is 1.88. The first-order chi connectivity index (χ1) is 7.37. The number of nitrogens with one attached hydrogen (secondary N) is 1. The number of nitrogens with zero attached hydrogens (tertiary/aromatic N) is 1. The van der Waals surface area contributed by atoms with Gasteiger partial charge in [-0.25, -0.2) is 0 Å². The van der Waals surface area contributed by atoms with Gasteiger partial charge in [-0.2, -0.15) is 5.06 Å². The molecule has 4 nitrogen and oxygen atoms in total. The van der Waals surface area contributed by atoms with E-state index in [1.165, 1.54) is 0 Å². The van der Waals surface area contributed by atoms with Gasteiger partial charge in [-0.05, 0) is 39.5 Å². The maximum atomic E-state index is 10.8. The lowest BCUT2D eigenvalue weighted by atomic mass is 9.98. The molecule has 0 radical (unpaired) electrons. The molecule has 1 saturated heterocycles. The molecule has 1 rings (SSSR count). The van der Waals surface area contributed by atoms with Crippen molar-refractivity contribution in [3.63, 3.8) is 0 Å². The Hall–Kier alpha value is -0.610. The molecule has 1 amide bonds. The molecule has 4 heteroatoms. The van der Waals surface area contributed by atoms with E-state index in [4.69, 9.17) is 4.84 Å². The smallest absolute Gasteiger partial charge is 0.216 e. The van der Waals surface area contributed by atoms with Crippen LogP contribution in [0.1, 0.15) is 40.5 Å². The Morgan fingerprint density at radius 1 is 1.38 bits per heavy atom. The van der Waals surface area contributed by atoms with Gasteiger partial charge in [0.25, 0.3) is 0 Å². The van der Waals surface area contributed by atoms with Crippen LogP contribution in [0.3, 0.4) is 0 Å². The predicted octanol–water partition coefficient (Wildman–Crippen LogP) is 1.56. The second kappa shape index (κ2) is 5.64. The third kappa shape index (κ3) is 5.47. The summed E-state index contributed by atoms with van der Waals surface area (Å²) >= 11 is 0. The number of hydrogen-bond donors (Lipinski definition) is 1. The molecule has 16 heavy (non-hydrogen) atoms. The van der Waals surface area contributed by atoms with Gasteiger partial charge < -0.3 is 5.32 Å². The van der Waals surface area contributed by atoms with Crippen LogP contribution in [0, 0.1) is 5.92 Å². The Kier molecular flexibility index (Phi) is 4.74. The summed E-state index contributed by atoms with van der Waals surface area (Å²) in [7, 11) is 0. The van der Waals surface area contributed by atoms with Crippen molar-refractivity contribution in [3.8, 4) is 0 Å². The van der Waals surface area contributed by atoms with E-state index in [9.17, 15) is 4.79 Å². The van der Waals surface area contributed by atoms with Gasteiger partial charge in [-0.15, -0.1) is 0 Å². The van der Waals surface area contributed by atoms with Gasteiger partial charge in [0.05, 0.1) is 5.60 Å². The van der Waals surface area contributed by atoms with Crippen molar-refractivity contribution in [3.05, 3.63) is 0 Å². The Labute approximate surface area is 98.3 Å². The summed E-state index contributed by atoms with van der Waals surface area (Å²) in [5.74, 6) is 0.664. The third-order valence-electron chi connectivity index (χ3n) is 2.62. The lowest BCUT2D eigenvalue weighted by Gasteiger charge is -2.35. The first-order valence-corrected chi connectivity index (χ1v) is 6.05. The van der Waals surface area contributed by atoms with E-state index in [0.29, 0.717) is 5.92 Å². The van der Waals surface area contributed by atoms with E-state index in [1.807, 2.05) is 5.06 Å². The number of amides is 1. The number of rotatable bonds is 3. The van der Waals surface area contributed by atoms with Crippen LogP contribution < -0.4 is 5.32 Å². The molecule has 0 bridgehead atoms. The van der Waals surface area contributed by atoms with E-state index in [0.717, 1.165) is 32.5 Å². The monoisotopic (exact) mass is 228 g/mol. The van der Waals surface area contributed by atoms with E-state index in [1.54, 1.807) is 6.92 Å². The third-order valence-corrected chi connectivity index (χ3v) is 2.62. The van der Waals surface area contributed by atoms with Crippen LogP contribution in [0.15, 0.2) is 0 Å². The molecule has 0 atom stereocenters. The maximum Gasteiger partial charge on any atom is 0.216 e. The Balaban J connectivity index is 2.21. The molecule has 0 aromatic heterocycles. The number of carbonyl (C=O) groups excluding carboxylic acids is 1. The molecule has 0 aliphatic carbocycles. The molecule has 94 valence electrons. The molecule has 1 aliphatic rings. The van der Waals surface area contributed by atoms with Crippen molar-refractivity contribution in [1.29, 1.82) is 0 Å². The maximum absolute atomic E-state index is 10.8. The summed E-state index contributed by atoms with van der Waals surface area (Å²) in [5.41, 5.74) is -0.107. The quantitative estimate of drug-likeness (QED) is 0.797. The number of hydrogen-bond acceptors (Lipinski definition) is 3. The highest BCUT2D eigenvalue weighted by atomic mass is 16.7. The molecular weight excluding hydrogens is 204 g/mol. The zero-order valence-corrected chi connectivity index (χ0v) is 10.9. The van der Waals surface area contributed by atoms with Gasteiger partial charge in [0, 0.05) is 26.6 Å². The summed E-state index contributed by atoms with van der Waals surface area (Å²) in [6.45, 7) is 10.5. The van der Waals surface area contributed by atoms with Gasteiger partial charge in [0.1, 0.15) is 0 Å². The highest BCUT2D eigenvalue weighted by molar-refractivity contribution is 5.72. The van der Waals surface area contributed by atoms with Gasteiger partial charge in [0.15, 0.2) is 0 Å². The Morgan fingerprint density at radius 3 is 2.38 bits per heavy atom. The topological polar surface area (TPSA) is 41.6 Å². The average molecular weight is 228 g/mol. The SMILES string of the molecule is CC(=O)NCC1CCN(OC(C)(C)C)CC1. The highest BCUT2D eigenvalue weighted by Crippen LogP contribution is 2.20. The van der Waals surface area contributed by atoms with Crippen LogP contribution in [0.2, 0.25) is 0 Å². The lowest BCUT2D eigenvalue weighted by Crippen LogP contribution is -2.41. The fraction of sp³-hybridized carbons (Fsp3) is 0.917. The minimum Gasteiger partial charge on any atom is -0.356 e. The molecule has 1 N–H and O–H groups in total. The summed E-state index contributed by atoms with van der Waals surface area (Å²) in [4.78, 5) is 16.6. The lowest BCUT2D eigenvalue weighted by molar-refractivity contribution is -0.238. The van der Waals surface area contributed by atoms with E-state index in [-0.39, 0.29) is 11.5 Å². The second-order valence-electron chi connectivity index (χ2n) is 5.51. The fourth-order valence-electron chi connectivity index (χ4n) is 1.88. The minimum atomic E-state index is -0.107. The molecule has 0 aromatic carbocycles. The molecule has 0 aromatic rings. The van der Waals surface area contributed by atoms with Gasteiger partial charge in [0.2, 0.25) is 5.91 Å². The molecule has 0 unspecified atom stereocenters. The van der Waals surface area contributed by atoms with Gasteiger partial charge in [-0.1, -0.05) is 0 Å². The van der Waals surface area contributed by atoms with Crippen LogP contribution in [-0.2, 0) is 9.63 Å². The van der Waals surface area contributed by atoms with Crippen molar-refractivity contribution in [2.24, 2.45) is 5.92 Å². The minimum absolute atomic E-state index is 0.0633. The summed E-state index contributed by atoms with van der Waals surface area (Å²) in [5, 5.41) is 4.93. The first-order valence-electron chi connectivity index (χ1n) is 6.05. The second-order valence-corrected chi connectivity index (χ2v) is 5.51. The van der Waals surface area contributed by atoms with Crippen LogP contribution in [0.25, 0.3) is 0 Å². The predicted molar refractivity (Wildman–Crippen MR) is 63.8 cm³/mol. The average Bonchev–Trinajstić information content (AvgIpc) is 2.14. The van der Waals surface area contributed by atoms with Crippen molar-refractivity contribution in [2.45, 2.75) is 46.1 Å². The molecule has 1 aliphatic heterocycles.